The summed E-state index contributed by atoms with van der Waals surface area (Å²) in [5, 5.41) is 6.74. The van der Waals surface area contributed by atoms with E-state index in [-0.39, 0.29) is 24.1 Å². The second kappa shape index (κ2) is 6.61. The number of rotatable bonds is 3. The Morgan fingerprint density at radius 1 is 1.24 bits per heavy atom. The van der Waals surface area contributed by atoms with Gasteiger partial charge < -0.3 is 14.8 Å². The molecule has 0 spiro atoms. The lowest BCUT2D eigenvalue weighted by atomic mass is 9.91. The van der Waals surface area contributed by atoms with E-state index in [1.165, 1.54) is 12.1 Å². The van der Waals surface area contributed by atoms with Crippen molar-refractivity contribution in [2.75, 3.05) is 6.61 Å². The van der Waals surface area contributed by atoms with Gasteiger partial charge in [-0.1, -0.05) is 36.5 Å². The van der Waals surface area contributed by atoms with Gasteiger partial charge in [-0.2, -0.15) is 0 Å². The van der Waals surface area contributed by atoms with Crippen LogP contribution in [0.4, 0.5) is 4.39 Å². The third-order valence-electron chi connectivity index (χ3n) is 4.57. The highest BCUT2D eigenvalue weighted by Crippen LogP contribution is 2.40. The normalized spacial score (nSPS) is 24.6. The van der Waals surface area contributed by atoms with Gasteiger partial charge in [-0.25, -0.2) is 4.39 Å². The van der Waals surface area contributed by atoms with Gasteiger partial charge in [0.15, 0.2) is 17.7 Å². The molecule has 0 saturated carbocycles. The molecule has 1 saturated heterocycles. The minimum Gasteiger partial charge on any atom is -0.490 e. The van der Waals surface area contributed by atoms with Crippen molar-refractivity contribution in [2.24, 2.45) is 5.92 Å². The van der Waals surface area contributed by atoms with Crippen molar-refractivity contribution >= 4 is 17.2 Å². The number of nitrogens with one attached hydrogen (secondary N) is 2. The molecule has 4 rings (SSSR count). The third kappa shape index (κ3) is 3.07. The Kier molecular flexibility index (Phi) is 4.31. The molecule has 3 atom stereocenters. The molecule has 0 amide bonds. The quantitative estimate of drug-likeness (QED) is 0.824. The second-order valence-electron chi connectivity index (χ2n) is 6.19. The SMILES string of the molecule is CCOc1cccc2c1OC1NC(c3ccc(F)cc3)NC(=S)C1C2. The molecule has 6 heteroatoms. The average Bonchev–Trinajstić information content (AvgIpc) is 2.62. The Labute approximate surface area is 151 Å². The van der Waals surface area contributed by atoms with E-state index in [9.17, 15) is 4.39 Å². The lowest BCUT2D eigenvalue weighted by molar-refractivity contribution is 0.0762. The zero-order valence-electron chi connectivity index (χ0n) is 13.8. The summed E-state index contributed by atoms with van der Waals surface area (Å²) < 4.78 is 25.1. The summed E-state index contributed by atoms with van der Waals surface area (Å²) in [7, 11) is 0. The fraction of sp³-hybridized carbons (Fsp3) is 0.316. The maximum absolute atomic E-state index is 13.2. The standard InChI is InChI=1S/C19H19FN2O2S/c1-2-23-15-5-3-4-12-10-14-18(24-16(12)15)21-17(22-19(14)25)11-6-8-13(20)9-7-11/h3-9,14,17-18,21H,2,10H2,1H3,(H,22,25). The van der Waals surface area contributed by atoms with Crippen LogP contribution in [0.5, 0.6) is 11.5 Å². The van der Waals surface area contributed by atoms with Gasteiger partial charge in [0.1, 0.15) is 12.0 Å². The van der Waals surface area contributed by atoms with E-state index < -0.39 is 0 Å². The molecular weight excluding hydrogens is 339 g/mol. The molecule has 2 aromatic carbocycles. The van der Waals surface area contributed by atoms with Gasteiger partial charge in [-0.3, -0.25) is 5.32 Å². The molecule has 1 fully saturated rings. The van der Waals surface area contributed by atoms with Gasteiger partial charge in [-0.15, -0.1) is 0 Å². The Hall–Kier alpha value is -2.18. The van der Waals surface area contributed by atoms with Gasteiger partial charge in [0, 0.05) is 0 Å². The molecular formula is C19H19FN2O2S. The number of hydrogen-bond acceptors (Lipinski definition) is 4. The van der Waals surface area contributed by atoms with E-state index in [1.807, 2.05) is 25.1 Å². The molecule has 0 aromatic heterocycles. The van der Waals surface area contributed by atoms with Crippen LogP contribution in [0.3, 0.4) is 0 Å². The Bertz CT molecular complexity index is 797. The van der Waals surface area contributed by atoms with Gasteiger partial charge in [0.25, 0.3) is 0 Å². The van der Waals surface area contributed by atoms with E-state index in [0.29, 0.717) is 6.61 Å². The minimum atomic E-state index is -0.260. The fourth-order valence-electron chi connectivity index (χ4n) is 3.35. The van der Waals surface area contributed by atoms with Crippen LogP contribution < -0.4 is 20.1 Å². The molecule has 130 valence electrons. The molecule has 2 aromatic rings. The summed E-state index contributed by atoms with van der Waals surface area (Å²) in [6, 6.07) is 12.3. The zero-order chi connectivity index (χ0) is 17.4. The highest BCUT2D eigenvalue weighted by molar-refractivity contribution is 7.80. The Balaban J connectivity index is 1.61. The van der Waals surface area contributed by atoms with E-state index in [2.05, 4.69) is 10.6 Å². The summed E-state index contributed by atoms with van der Waals surface area (Å²) in [6.45, 7) is 2.53. The largest absolute Gasteiger partial charge is 0.490 e. The lowest BCUT2D eigenvalue weighted by Crippen LogP contribution is -2.60. The number of ether oxygens (including phenoxy) is 2. The zero-order valence-corrected chi connectivity index (χ0v) is 14.6. The van der Waals surface area contributed by atoms with Crippen LogP contribution in [0.15, 0.2) is 42.5 Å². The summed E-state index contributed by atoms with van der Waals surface area (Å²) in [5.41, 5.74) is 2.01. The van der Waals surface area contributed by atoms with Crippen molar-refractivity contribution in [3.05, 3.63) is 59.4 Å². The molecule has 25 heavy (non-hydrogen) atoms. The van der Waals surface area contributed by atoms with E-state index in [0.717, 1.165) is 34.0 Å². The molecule has 2 N–H and O–H groups in total. The Morgan fingerprint density at radius 3 is 2.80 bits per heavy atom. The van der Waals surface area contributed by atoms with Crippen LogP contribution in [-0.2, 0) is 6.42 Å². The third-order valence-corrected chi connectivity index (χ3v) is 4.99. The molecule has 0 bridgehead atoms. The molecule has 4 nitrogen and oxygen atoms in total. The van der Waals surface area contributed by atoms with Crippen LogP contribution >= 0.6 is 12.2 Å². The first kappa shape index (κ1) is 16.3. The summed E-state index contributed by atoms with van der Waals surface area (Å²) in [6.07, 6.45) is 0.323. The van der Waals surface area contributed by atoms with Crippen LogP contribution in [-0.4, -0.2) is 17.8 Å². The van der Waals surface area contributed by atoms with Gasteiger partial charge in [0.05, 0.1) is 17.5 Å². The minimum absolute atomic E-state index is 0.0519. The fourth-order valence-corrected chi connectivity index (χ4v) is 3.67. The summed E-state index contributed by atoms with van der Waals surface area (Å²) in [4.78, 5) is 0.755. The van der Waals surface area contributed by atoms with Crippen molar-refractivity contribution in [1.82, 2.24) is 10.6 Å². The highest BCUT2D eigenvalue weighted by atomic mass is 32.1. The molecule has 2 aliphatic rings. The number of para-hydroxylation sites is 1. The van der Waals surface area contributed by atoms with Gasteiger partial charge in [-0.05, 0) is 42.7 Å². The molecule has 0 aliphatic carbocycles. The predicted molar refractivity (Wildman–Crippen MR) is 97.2 cm³/mol. The van der Waals surface area contributed by atoms with Crippen LogP contribution in [0.2, 0.25) is 0 Å². The number of halogens is 1. The van der Waals surface area contributed by atoms with Crippen LogP contribution in [0.1, 0.15) is 24.2 Å². The number of fused-ring (bicyclic) bond motifs is 2. The highest BCUT2D eigenvalue weighted by Gasteiger charge is 2.40. The van der Waals surface area contributed by atoms with Crippen molar-refractivity contribution in [1.29, 1.82) is 0 Å². The van der Waals surface area contributed by atoms with E-state index >= 15 is 0 Å². The monoisotopic (exact) mass is 358 g/mol. The van der Waals surface area contributed by atoms with Crippen molar-refractivity contribution in [3.8, 4) is 11.5 Å². The first-order chi connectivity index (χ1) is 12.2. The van der Waals surface area contributed by atoms with Crippen molar-refractivity contribution < 1.29 is 13.9 Å². The average molecular weight is 358 g/mol. The van der Waals surface area contributed by atoms with Crippen molar-refractivity contribution in [3.63, 3.8) is 0 Å². The maximum atomic E-state index is 13.2. The number of benzene rings is 2. The predicted octanol–water partition coefficient (Wildman–Crippen LogP) is 3.32. The number of thiocarbonyl (C=S) groups is 1. The molecule has 0 radical (unpaired) electrons. The van der Waals surface area contributed by atoms with Gasteiger partial charge >= 0.3 is 0 Å². The first-order valence-electron chi connectivity index (χ1n) is 8.39. The summed E-state index contributed by atoms with van der Waals surface area (Å²) in [5.74, 6) is 1.32. The van der Waals surface area contributed by atoms with Crippen LogP contribution in [0.25, 0.3) is 0 Å². The van der Waals surface area contributed by atoms with Gasteiger partial charge in [0.2, 0.25) is 0 Å². The second-order valence-corrected chi connectivity index (χ2v) is 6.63. The first-order valence-corrected chi connectivity index (χ1v) is 8.79. The molecule has 3 unspecified atom stereocenters. The number of hydrogen-bond donors (Lipinski definition) is 2. The van der Waals surface area contributed by atoms with E-state index in [1.54, 1.807) is 12.1 Å². The smallest absolute Gasteiger partial charge is 0.166 e. The van der Waals surface area contributed by atoms with Crippen molar-refractivity contribution in [2.45, 2.75) is 25.7 Å². The van der Waals surface area contributed by atoms with E-state index in [4.69, 9.17) is 21.7 Å². The topological polar surface area (TPSA) is 42.5 Å². The molecule has 2 aliphatic heterocycles. The lowest BCUT2D eigenvalue weighted by Gasteiger charge is -2.42. The maximum Gasteiger partial charge on any atom is 0.166 e. The summed E-state index contributed by atoms with van der Waals surface area (Å²) >= 11 is 5.58. The Morgan fingerprint density at radius 2 is 2.04 bits per heavy atom. The molecule has 2 heterocycles. The van der Waals surface area contributed by atoms with Crippen LogP contribution in [0, 0.1) is 11.7 Å².